The lowest BCUT2D eigenvalue weighted by Crippen LogP contribution is -1.93. The second-order valence-electron chi connectivity index (χ2n) is 4.64. The Hall–Kier alpha value is -2.26. The number of rotatable bonds is 1. The van der Waals surface area contributed by atoms with Crippen LogP contribution >= 0.6 is 0 Å². The SMILES string of the molecule is OCc1cc2ccccc2c2c3c(ccc12)OCO3. The molecule has 1 heterocycles. The van der Waals surface area contributed by atoms with Crippen LogP contribution in [-0.2, 0) is 6.61 Å². The lowest BCUT2D eigenvalue weighted by atomic mass is 9.96. The minimum Gasteiger partial charge on any atom is -0.454 e. The summed E-state index contributed by atoms with van der Waals surface area (Å²) in [7, 11) is 0. The molecule has 0 spiro atoms. The van der Waals surface area contributed by atoms with Gasteiger partial charge in [0.1, 0.15) is 0 Å². The molecule has 19 heavy (non-hydrogen) atoms. The Labute approximate surface area is 110 Å². The van der Waals surface area contributed by atoms with Gasteiger partial charge in [-0.05, 0) is 33.9 Å². The Kier molecular flexibility index (Phi) is 2.17. The quantitative estimate of drug-likeness (QED) is 0.676. The van der Waals surface area contributed by atoms with Crippen molar-refractivity contribution in [2.45, 2.75) is 6.61 Å². The van der Waals surface area contributed by atoms with Crippen LogP contribution in [0.3, 0.4) is 0 Å². The van der Waals surface area contributed by atoms with Crippen LogP contribution in [0.2, 0.25) is 0 Å². The van der Waals surface area contributed by atoms with Crippen LogP contribution in [0.4, 0.5) is 0 Å². The van der Waals surface area contributed by atoms with E-state index in [1.165, 1.54) is 0 Å². The van der Waals surface area contributed by atoms with Crippen molar-refractivity contribution in [3.8, 4) is 11.5 Å². The smallest absolute Gasteiger partial charge is 0.231 e. The van der Waals surface area contributed by atoms with E-state index in [1.807, 2.05) is 36.4 Å². The first kappa shape index (κ1) is 10.6. The van der Waals surface area contributed by atoms with Gasteiger partial charge in [0, 0.05) is 5.39 Å². The Morgan fingerprint density at radius 3 is 2.79 bits per heavy atom. The molecule has 94 valence electrons. The molecule has 0 amide bonds. The summed E-state index contributed by atoms with van der Waals surface area (Å²) >= 11 is 0. The van der Waals surface area contributed by atoms with E-state index >= 15 is 0 Å². The third-order valence-electron chi connectivity index (χ3n) is 3.62. The van der Waals surface area contributed by atoms with E-state index in [0.29, 0.717) is 0 Å². The Bertz CT molecular complexity index is 793. The maximum Gasteiger partial charge on any atom is 0.231 e. The number of hydrogen-bond acceptors (Lipinski definition) is 3. The van der Waals surface area contributed by atoms with Gasteiger partial charge < -0.3 is 14.6 Å². The van der Waals surface area contributed by atoms with Gasteiger partial charge in [0.05, 0.1) is 6.61 Å². The van der Waals surface area contributed by atoms with E-state index in [2.05, 4.69) is 6.07 Å². The summed E-state index contributed by atoms with van der Waals surface area (Å²) in [4.78, 5) is 0. The first-order chi connectivity index (χ1) is 9.38. The Morgan fingerprint density at radius 2 is 1.89 bits per heavy atom. The van der Waals surface area contributed by atoms with Crippen LogP contribution in [-0.4, -0.2) is 11.9 Å². The summed E-state index contributed by atoms with van der Waals surface area (Å²) in [6, 6.07) is 14.0. The maximum absolute atomic E-state index is 9.57. The summed E-state index contributed by atoms with van der Waals surface area (Å²) in [5.41, 5.74) is 0.909. The fraction of sp³-hybridized carbons (Fsp3) is 0.125. The summed E-state index contributed by atoms with van der Waals surface area (Å²) in [5.74, 6) is 1.55. The Balaban J connectivity index is 2.27. The minimum absolute atomic E-state index is 0.0149. The summed E-state index contributed by atoms with van der Waals surface area (Å²) < 4.78 is 11.1. The van der Waals surface area contributed by atoms with Crippen molar-refractivity contribution in [2.75, 3.05) is 6.79 Å². The van der Waals surface area contributed by atoms with Crippen LogP contribution in [0.5, 0.6) is 11.5 Å². The van der Waals surface area contributed by atoms with E-state index in [9.17, 15) is 5.11 Å². The maximum atomic E-state index is 9.57. The second-order valence-corrected chi connectivity index (χ2v) is 4.64. The van der Waals surface area contributed by atoms with Gasteiger partial charge in [0.2, 0.25) is 6.79 Å². The molecule has 0 saturated heterocycles. The number of benzene rings is 3. The van der Waals surface area contributed by atoms with E-state index in [4.69, 9.17) is 9.47 Å². The second kappa shape index (κ2) is 3.87. The monoisotopic (exact) mass is 252 g/mol. The van der Waals surface area contributed by atoms with E-state index in [1.54, 1.807) is 0 Å². The van der Waals surface area contributed by atoms with Crippen LogP contribution in [0.25, 0.3) is 21.5 Å². The zero-order chi connectivity index (χ0) is 12.8. The largest absolute Gasteiger partial charge is 0.454 e. The van der Waals surface area contributed by atoms with Crippen molar-refractivity contribution in [1.29, 1.82) is 0 Å². The average Bonchev–Trinajstić information content (AvgIpc) is 2.94. The lowest BCUT2D eigenvalue weighted by molar-refractivity contribution is 0.175. The van der Waals surface area contributed by atoms with Crippen molar-refractivity contribution in [1.82, 2.24) is 0 Å². The number of ether oxygens (including phenoxy) is 2. The molecule has 3 aromatic rings. The average molecular weight is 252 g/mol. The molecule has 0 fully saturated rings. The summed E-state index contributed by atoms with van der Waals surface area (Å²) in [6.45, 7) is 0.271. The van der Waals surface area contributed by atoms with Crippen LogP contribution in [0, 0.1) is 0 Å². The highest BCUT2D eigenvalue weighted by Gasteiger charge is 2.19. The topological polar surface area (TPSA) is 38.7 Å². The first-order valence-corrected chi connectivity index (χ1v) is 6.22. The molecule has 0 bridgehead atoms. The number of aliphatic hydroxyl groups excluding tert-OH is 1. The van der Waals surface area contributed by atoms with Crippen LogP contribution in [0.1, 0.15) is 5.56 Å². The number of hydrogen-bond donors (Lipinski definition) is 1. The molecule has 0 aromatic heterocycles. The number of fused-ring (bicyclic) bond motifs is 5. The van der Waals surface area contributed by atoms with Gasteiger partial charge in [-0.1, -0.05) is 30.3 Å². The lowest BCUT2D eigenvalue weighted by Gasteiger charge is -2.10. The molecule has 3 heteroatoms. The Morgan fingerprint density at radius 1 is 1.00 bits per heavy atom. The van der Waals surface area contributed by atoms with E-state index < -0.39 is 0 Å². The fourth-order valence-corrected chi connectivity index (χ4v) is 2.75. The normalized spacial score (nSPS) is 13.3. The molecule has 1 N–H and O–H groups in total. The van der Waals surface area contributed by atoms with E-state index in [-0.39, 0.29) is 13.4 Å². The third-order valence-corrected chi connectivity index (χ3v) is 3.62. The zero-order valence-electron chi connectivity index (χ0n) is 10.2. The van der Waals surface area contributed by atoms with Gasteiger partial charge in [-0.25, -0.2) is 0 Å². The molecule has 0 radical (unpaired) electrons. The van der Waals surface area contributed by atoms with Gasteiger partial charge >= 0.3 is 0 Å². The van der Waals surface area contributed by atoms with Crippen molar-refractivity contribution >= 4 is 21.5 Å². The molecule has 0 unspecified atom stereocenters. The highest BCUT2D eigenvalue weighted by atomic mass is 16.7. The highest BCUT2D eigenvalue weighted by Crippen LogP contribution is 2.43. The van der Waals surface area contributed by atoms with Gasteiger partial charge in [-0.2, -0.15) is 0 Å². The third kappa shape index (κ3) is 1.42. The van der Waals surface area contributed by atoms with Crippen LogP contribution < -0.4 is 9.47 Å². The molecule has 4 rings (SSSR count). The zero-order valence-corrected chi connectivity index (χ0v) is 10.2. The fourth-order valence-electron chi connectivity index (χ4n) is 2.75. The highest BCUT2D eigenvalue weighted by molar-refractivity contribution is 6.13. The predicted octanol–water partition coefficient (Wildman–Crippen LogP) is 3.21. The number of aliphatic hydroxyl groups is 1. The molecule has 3 aromatic carbocycles. The molecule has 0 aliphatic carbocycles. The van der Waals surface area contributed by atoms with Crippen molar-refractivity contribution in [2.24, 2.45) is 0 Å². The molecule has 0 saturated carbocycles. The van der Waals surface area contributed by atoms with Gasteiger partial charge in [-0.15, -0.1) is 0 Å². The van der Waals surface area contributed by atoms with Crippen molar-refractivity contribution in [3.05, 3.63) is 48.0 Å². The summed E-state index contributed by atoms with van der Waals surface area (Å²) in [6.07, 6.45) is 0. The molecule has 1 aliphatic rings. The van der Waals surface area contributed by atoms with Crippen molar-refractivity contribution < 1.29 is 14.6 Å². The molecule has 0 atom stereocenters. The standard InChI is InChI=1S/C16H12O3/c17-8-11-7-10-3-1-2-4-12(10)15-13(11)5-6-14-16(15)19-9-18-14/h1-7,17H,8-9H2. The molecule has 3 nitrogen and oxygen atoms in total. The van der Waals surface area contributed by atoms with Gasteiger partial charge in [-0.3, -0.25) is 0 Å². The molecule has 1 aliphatic heterocycles. The van der Waals surface area contributed by atoms with Crippen LogP contribution in [0.15, 0.2) is 42.5 Å². The van der Waals surface area contributed by atoms with Crippen molar-refractivity contribution in [3.63, 3.8) is 0 Å². The predicted molar refractivity (Wildman–Crippen MR) is 73.5 cm³/mol. The molecular formula is C16H12O3. The first-order valence-electron chi connectivity index (χ1n) is 6.22. The van der Waals surface area contributed by atoms with E-state index in [0.717, 1.165) is 38.6 Å². The van der Waals surface area contributed by atoms with Gasteiger partial charge in [0.25, 0.3) is 0 Å². The molecular weight excluding hydrogens is 240 g/mol. The minimum atomic E-state index is 0.0149. The van der Waals surface area contributed by atoms with Gasteiger partial charge in [0.15, 0.2) is 11.5 Å². The summed E-state index contributed by atoms with van der Waals surface area (Å²) in [5, 5.41) is 13.8.